The fourth-order valence-electron chi connectivity index (χ4n) is 2.64. The van der Waals surface area contributed by atoms with Gasteiger partial charge in [-0.1, -0.05) is 0 Å². The number of hydrogen-bond acceptors (Lipinski definition) is 5. The van der Waals surface area contributed by atoms with Crippen LogP contribution in [0.15, 0.2) is 42.5 Å². The average molecular weight is 417 g/mol. The molecule has 1 unspecified atom stereocenters. The van der Waals surface area contributed by atoms with Gasteiger partial charge >= 0.3 is 5.97 Å². The van der Waals surface area contributed by atoms with Crippen LogP contribution in [0.25, 0.3) is 0 Å². The quantitative estimate of drug-likeness (QED) is 0.727. The largest absolute Gasteiger partial charge is 0.449 e. The zero-order valence-electron chi connectivity index (χ0n) is 15.8. The third-order valence-corrected chi connectivity index (χ3v) is 4.26. The van der Waals surface area contributed by atoms with Gasteiger partial charge < -0.3 is 10.1 Å². The zero-order chi connectivity index (χ0) is 21.8. The van der Waals surface area contributed by atoms with Crippen LogP contribution in [-0.2, 0) is 19.1 Å². The molecule has 2 aromatic carbocycles. The molecule has 30 heavy (non-hydrogen) atoms. The number of benzene rings is 2. The van der Waals surface area contributed by atoms with Crippen LogP contribution in [0.4, 0.5) is 20.2 Å². The predicted octanol–water partition coefficient (Wildman–Crippen LogP) is 2.31. The minimum Gasteiger partial charge on any atom is -0.449 e. The summed E-state index contributed by atoms with van der Waals surface area (Å²) in [5.41, 5.74) is 2.65. The van der Waals surface area contributed by atoms with Crippen molar-refractivity contribution in [3.8, 4) is 0 Å². The third kappa shape index (κ3) is 4.77. The van der Waals surface area contributed by atoms with E-state index in [0.29, 0.717) is 11.8 Å². The van der Waals surface area contributed by atoms with Crippen molar-refractivity contribution in [2.45, 2.75) is 25.9 Å². The Labute approximate surface area is 169 Å². The molecule has 1 fully saturated rings. The Bertz CT molecular complexity index is 1010. The molecule has 8 nitrogen and oxygen atoms in total. The number of carbonyl (C=O) groups excluding carboxylic acids is 4. The second-order valence-corrected chi connectivity index (χ2v) is 6.47. The first-order chi connectivity index (χ1) is 14.2. The first-order valence-corrected chi connectivity index (χ1v) is 8.94. The maximum absolute atomic E-state index is 13.6. The summed E-state index contributed by atoms with van der Waals surface area (Å²) in [5, 5.41) is 3.30. The Morgan fingerprint density at radius 3 is 2.47 bits per heavy atom. The van der Waals surface area contributed by atoms with Crippen LogP contribution in [0, 0.1) is 11.6 Å². The van der Waals surface area contributed by atoms with Crippen molar-refractivity contribution in [1.29, 1.82) is 0 Å². The fraction of sp³-hybridized carbons (Fsp3) is 0.200. The van der Waals surface area contributed by atoms with E-state index >= 15 is 0 Å². The standard InChI is InChI=1S/C20H17F2N3O5/c1-11(19(28)23-16-7-4-13(21)10-15(16)22)30-20(29)12-2-5-14(6-3-12)25-18(27)9-8-17(26)24-25/h2-7,10-11H,8-9H2,1H3,(H,23,28)(H,24,26). The summed E-state index contributed by atoms with van der Waals surface area (Å²) >= 11 is 0. The molecule has 0 aliphatic carbocycles. The molecule has 1 aliphatic heterocycles. The number of amides is 3. The van der Waals surface area contributed by atoms with Gasteiger partial charge in [-0.15, -0.1) is 0 Å². The van der Waals surface area contributed by atoms with Gasteiger partial charge in [-0.25, -0.2) is 18.6 Å². The van der Waals surface area contributed by atoms with Gasteiger partial charge in [0.15, 0.2) is 6.10 Å². The molecule has 1 aliphatic rings. The van der Waals surface area contributed by atoms with Gasteiger partial charge in [0, 0.05) is 18.9 Å². The third-order valence-electron chi connectivity index (χ3n) is 4.26. The lowest BCUT2D eigenvalue weighted by Crippen LogP contribution is -2.50. The van der Waals surface area contributed by atoms with Crippen LogP contribution in [0.2, 0.25) is 0 Å². The molecule has 1 saturated heterocycles. The lowest BCUT2D eigenvalue weighted by molar-refractivity contribution is -0.130. The lowest BCUT2D eigenvalue weighted by atomic mass is 10.1. The molecule has 1 heterocycles. The number of anilines is 2. The Hall–Kier alpha value is -3.82. The highest BCUT2D eigenvalue weighted by Gasteiger charge is 2.25. The number of esters is 1. The number of nitrogens with zero attached hydrogens (tertiary/aromatic N) is 1. The zero-order valence-corrected chi connectivity index (χ0v) is 15.8. The molecule has 10 heteroatoms. The SMILES string of the molecule is CC(OC(=O)c1ccc(N2NC(=O)CCC2=O)cc1)C(=O)Nc1ccc(F)cc1F. The van der Waals surface area contributed by atoms with Gasteiger partial charge in [0.2, 0.25) is 11.8 Å². The molecule has 1 atom stereocenters. The van der Waals surface area contributed by atoms with Crippen molar-refractivity contribution in [2.75, 3.05) is 10.3 Å². The predicted molar refractivity (Wildman–Crippen MR) is 101 cm³/mol. The number of hydrogen-bond donors (Lipinski definition) is 2. The summed E-state index contributed by atoms with van der Waals surface area (Å²) in [6, 6.07) is 8.27. The van der Waals surface area contributed by atoms with E-state index < -0.39 is 29.6 Å². The normalized spacial score (nSPS) is 14.7. The topological polar surface area (TPSA) is 105 Å². The minimum absolute atomic E-state index is 0.0803. The molecule has 0 saturated carbocycles. The molecular formula is C20H17F2N3O5. The van der Waals surface area contributed by atoms with E-state index in [1.807, 2.05) is 0 Å². The van der Waals surface area contributed by atoms with Gasteiger partial charge in [0.25, 0.3) is 5.91 Å². The van der Waals surface area contributed by atoms with E-state index in [9.17, 15) is 28.0 Å². The van der Waals surface area contributed by atoms with Gasteiger partial charge in [-0.2, -0.15) is 0 Å². The summed E-state index contributed by atoms with van der Waals surface area (Å²) < 4.78 is 31.6. The molecule has 3 rings (SSSR count). The molecule has 0 bridgehead atoms. The first kappa shape index (κ1) is 20.9. The van der Waals surface area contributed by atoms with E-state index in [4.69, 9.17) is 4.74 Å². The number of carbonyl (C=O) groups is 4. The number of halogens is 2. The maximum atomic E-state index is 13.6. The molecule has 3 amide bonds. The van der Waals surface area contributed by atoms with Crippen LogP contribution in [-0.4, -0.2) is 29.8 Å². The van der Waals surface area contributed by atoms with Crippen LogP contribution < -0.4 is 15.8 Å². The van der Waals surface area contributed by atoms with Crippen molar-refractivity contribution < 1.29 is 32.7 Å². The Balaban J connectivity index is 1.61. The molecule has 156 valence electrons. The summed E-state index contributed by atoms with van der Waals surface area (Å²) in [6.07, 6.45) is -1.07. The van der Waals surface area contributed by atoms with Crippen LogP contribution in [0.3, 0.4) is 0 Å². The Kier molecular flexibility index (Phi) is 6.05. The Morgan fingerprint density at radius 2 is 1.80 bits per heavy atom. The van der Waals surface area contributed by atoms with Crippen molar-refractivity contribution in [3.63, 3.8) is 0 Å². The second-order valence-electron chi connectivity index (χ2n) is 6.47. The van der Waals surface area contributed by atoms with Gasteiger partial charge in [0.1, 0.15) is 11.6 Å². The highest BCUT2D eigenvalue weighted by Crippen LogP contribution is 2.19. The van der Waals surface area contributed by atoms with Crippen molar-refractivity contribution >= 4 is 35.1 Å². The highest BCUT2D eigenvalue weighted by molar-refractivity contribution is 6.02. The minimum atomic E-state index is -1.26. The fourth-order valence-corrected chi connectivity index (χ4v) is 2.64. The summed E-state index contributed by atoms with van der Waals surface area (Å²) in [6.45, 7) is 1.30. The smallest absolute Gasteiger partial charge is 0.338 e. The van der Waals surface area contributed by atoms with E-state index in [1.54, 1.807) is 0 Å². The van der Waals surface area contributed by atoms with E-state index in [1.165, 1.54) is 31.2 Å². The van der Waals surface area contributed by atoms with Crippen molar-refractivity contribution in [1.82, 2.24) is 5.43 Å². The first-order valence-electron chi connectivity index (χ1n) is 8.94. The van der Waals surface area contributed by atoms with Gasteiger partial charge in [-0.05, 0) is 43.3 Å². The molecular weight excluding hydrogens is 400 g/mol. The summed E-state index contributed by atoms with van der Waals surface area (Å²) in [7, 11) is 0. The van der Waals surface area contributed by atoms with Crippen molar-refractivity contribution in [2.24, 2.45) is 0 Å². The maximum Gasteiger partial charge on any atom is 0.338 e. The number of rotatable bonds is 5. The van der Waals surface area contributed by atoms with E-state index in [-0.39, 0.29) is 35.9 Å². The molecule has 0 spiro atoms. The van der Waals surface area contributed by atoms with Crippen molar-refractivity contribution in [3.05, 3.63) is 59.7 Å². The number of nitrogens with one attached hydrogen (secondary N) is 2. The number of hydrazine groups is 1. The van der Waals surface area contributed by atoms with Crippen LogP contribution in [0.5, 0.6) is 0 Å². The van der Waals surface area contributed by atoms with Gasteiger partial charge in [-0.3, -0.25) is 19.8 Å². The number of ether oxygens (including phenoxy) is 1. The van der Waals surface area contributed by atoms with Crippen LogP contribution >= 0.6 is 0 Å². The monoisotopic (exact) mass is 417 g/mol. The second kappa shape index (κ2) is 8.68. The molecule has 0 aromatic heterocycles. The van der Waals surface area contributed by atoms with E-state index in [0.717, 1.165) is 17.1 Å². The average Bonchev–Trinajstić information content (AvgIpc) is 2.71. The summed E-state index contributed by atoms with van der Waals surface area (Å²) in [5.74, 6) is -3.96. The lowest BCUT2D eigenvalue weighted by Gasteiger charge is -2.27. The highest BCUT2D eigenvalue weighted by atomic mass is 19.1. The van der Waals surface area contributed by atoms with E-state index in [2.05, 4.69) is 10.7 Å². The van der Waals surface area contributed by atoms with Gasteiger partial charge in [0.05, 0.1) is 16.9 Å². The van der Waals surface area contributed by atoms with Crippen LogP contribution in [0.1, 0.15) is 30.1 Å². The molecule has 2 N–H and O–H groups in total. The molecule has 0 radical (unpaired) electrons. The summed E-state index contributed by atoms with van der Waals surface area (Å²) in [4.78, 5) is 47.7. The molecule has 2 aromatic rings. The Morgan fingerprint density at radius 1 is 1.10 bits per heavy atom.